The molecule has 7 N–H and O–H groups in total. The fraction of sp³-hybridized carbons (Fsp3) is 0.346. The van der Waals surface area contributed by atoms with Gasteiger partial charge in [0, 0.05) is 0 Å². The molecule has 1 saturated heterocycles. The average Bonchev–Trinajstić information content (AvgIpc) is 3.25. The maximum atomic E-state index is 11.8. The van der Waals surface area contributed by atoms with E-state index in [0.29, 0.717) is 32.4 Å². The van der Waals surface area contributed by atoms with Crippen LogP contribution in [-0.4, -0.2) is 122 Å². The minimum atomic E-state index is -1.60. The summed E-state index contributed by atoms with van der Waals surface area (Å²) in [5.41, 5.74) is 0.900. The van der Waals surface area contributed by atoms with E-state index in [4.69, 9.17) is 35.4 Å². The topological polar surface area (TPSA) is 247 Å². The summed E-state index contributed by atoms with van der Waals surface area (Å²) in [5.74, 6) is -1.44. The molecule has 1 unspecified atom stereocenters. The lowest BCUT2D eigenvalue weighted by atomic mass is 10.2. The second kappa shape index (κ2) is 18.5. The van der Waals surface area contributed by atoms with Crippen LogP contribution in [0.5, 0.6) is 11.5 Å². The van der Waals surface area contributed by atoms with Gasteiger partial charge in [-0.05, 0) is 55.0 Å². The zero-order chi connectivity index (χ0) is 32.5. The van der Waals surface area contributed by atoms with Crippen LogP contribution in [0, 0.1) is 0 Å². The van der Waals surface area contributed by atoms with Crippen LogP contribution in [0.15, 0.2) is 48.5 Å². The number of rotatable bonds is 9. The van der Waals surface area contributed by atoms with Gasteiger partial charge in [-0.1, -0.05) is 6.92 Å². The number of nitrogens with one attached hydrogen (secondary N) is 1. The van der Waals surface area contributed by atoms with Crippen molar-refractivity contribution >= 4 is 29.9 Å². The van der Waals surface area contributed by atoms with Crippen molar-refractivity contribution in [1.29, 1.82) is 0 Å². The minimum absolute atomic E-state index is 0.137. The maximum absolute atomic E-state index is 11.8. The van der Waals surface area contributed by atoms with Crippen molar-refractivity contribution in [1.82, 2.24) is 20.0 Å². The summed E-state index contributed by atoms with van der Waals surface area (Å²) in [6.45, 7) is -1.14. The highest BCUT2D eigenvalue weighted by Gasteiger charge is 2.49. The molecule has 0 spiro atoms. The third kappa shape index (κ3) is 10.4. The molecule has 5 amide bonds. The molecule has 2 aromatic rings. The summed E-state index contributed by atoms with van der Waals surface area (Å²) < 4.78 is 9.35. The van der Waals surface area contributed by atoms with Gasteiger partial charge in [0.05, 0.1) is 24.8 Å². The molecule has 1 atom stereocenters. The van der Waals surface area contributed by atoms with Gasteiger partial charge in [-0.3, -0.25) is 14.6 Å². The summed E-state index contributed by atoms with van der Waals surface area (Å²) in [4.78, 5) is 58.5. The van der Waals surface area contributed by atoms with E-state index in [1.165, 1.54) is 55.6 Å². The average molecular weight is 611 g/mol. The van der Waals surface area contributed by atoms with E-state index in [2.05, 4.69) is 4.74 Å². The molecule has 0 bridgehead atoms. The van der Waals surface area contributed by atoms with E-state index in [0.717, 1.165) is 6.42 Å². The van der Waals surface area contributed by atoms with Crippen molar-refractivity contribution in [2.75, 3.05) is 40.6 Å². The summed E-state index contributed by atoms with van der Waals surface area (Å²) >= 11 is 0. The molecule has 17 heteroatoms. The van der Waals surface area contributed by atoms with Gasteiger partial charge < -0.3 is 45.4 Å². The number of hydrogen-bond acceptors (Lipinski definition) is 13. The van der Waals surface area contributed by atoms with Crippen molar-refractivity contribution in [2.24, 2.45) is 0 Å². The number of hydrogen-bond donors (Lipinski definition) is 7. The van der Waals surface area contributed by atoms with Gasteiger partial charge >= 0.3 is 24.0 Å². The van der Waals surface area contributed by atoms with Crippen LogP contribution in [0.3, 0.4) is 0 Å². The first-order valence-electron chi connectivity index (χ1n) is 12.4. The maximum Gasteiger partial charge on any atom is 0.338 e. The molecular formula is C26H34N4O13. The molecule has 0 saturated carbocycles. The number of amides is 5. The SMILES string of the molecule is CCCOC(=O)c1ccc(O)cc1.COC(=O)c1ccc(O)cc1.O=C1C(N(CO)C(=O)NCO)N(CO)C(=O)N1CO. The highest BCUT2D eigenvalue weighted by molar-refractivity contribution is 6.05. The first-order valence-corrected chi connectivity index (χ1v) is 12.4. The molecule has 43 heavy (non-hydrogen) atoms. The Morgan fingerprint density at radius 1 is 0.860 bits per heavy atom. The Morgan fingerprint density at radius 2 is 1.37 bits per heavy atom. The van der Waals surface area contributed by atoms with Crippen LogP contribution in [0.1, 0.15) is 34.1 Å². The molecule has 1 fully saturated rings. The normalized spacial score (nSPS) is 13.7. The lowest BCUT2D eigenvalue weighted by molar-refractivity contribution is -0.136. The molecule has 1 aliphatic rings. The largest absolute Gasteiger partial charge is 0.508 e. The van der Waals surface area contributed by atoms with Gasteiger partial charge in [0.2, 0.25) is 0 Å². The number of nitrogens with zero attached hydrogens (tertiary/aromatic N) is 3. The van der Waals surface area contributed by atoms with E-state index in [1.807, 2.05) is 12.2 Å². The van der Waals surface area contributed by atoms with E-state index >= 15 is 0 Å². The molecule has 0 aromatic heterocycles. The third-order valence-electron chi connectivity index (χ3n) is 5.32. The van der Waals surface area contributed by atoms with Crippen LogP contribution in [0.25, 0.3) is 0 Å². The Hall–Kier alpha value is -4.97. The monoisotopic (exact) mass is 610 g/mol. The first kappa shape index (κ1) is 36.1. The van der Waals surface area contributed by atoms with Crippen LogP contribution >= 0.6 is 0 Å². The number of carbonyl (C=O) groups is 5. The summed E-state index contributed by atoms with van der Waals surface area (Å²) in [6, 6.07) is 9.84. The number of imide groups is 1. The Morgan fingerprint density at radius 3 is 1.77 bits per heavy atom. The predicted octanol–water partition coefficient (Wildman–Crippen LogP) is -0.475. The smallest absolute Gasteiger partial charge is 0.338 e. The van der Waals surface area contributed by atoms with Crippen molar-refractivity contribution < 1.29 is 64.1 Å². The van der Waals surface area contributed by atoms with Gasteiger partial charge in [-0.15, -0.1) is 0 Å². The molecule has 1 heterocycles. The lowest BCUT2D eigenvalue weighted by Crippen LogP contribution is -2.55. The molecule has 236 valence electrons. The number of esters is 2. The minimum Gasteiger partial charge on any atom is -0.508 e. The van der Waals surface area contributed by atoms with Crippen LogP contribution in [-0.2, 0) is 14.3 Å². The van der Waals surface area contributed by atoms with E-state index in [1.54, 1.807) is 0 Å². The first-order chi connectivity index (χ1) is 20.5. The van der Waals surface area contributed by atoms with Crippen molar-refractivity contribution in [2.45, 2.75) is 19.5 Å². The molecule has 1 aliphatic heterocycles. The molecule has 17 nitrogen and oxygen atoms in total. The molecular weight excluding hydrogens is 576 g/mol. The molecule has 3 rings (SSSR count). The van der Waals surface area contributed by atoms with E-state index < -0.39 is 57.0 Å². The number of urea groups is 2. The number of aliphatic hydroxyl groups is 4. The number of aliphatic hydroxyl groups excluding tert-OH is 4. The molecule has 0 aliphatic carbocycles. The van der Waals surface area contributed by atoms with Crippen LogP contribution in [0.2, 0.25) is 0 Å². The Labute approximate surface area is 245 Å². The van der Waals surface area contributed by atoms with Crippen molar-refractivity contribution in [3.63, 3.8) is 0 Å². The zero-order valence-corrected chi connectivity index (χ0v) is 23.3. The quantitative estimate of drug-likeness (QED) is 0.108. The van der Waals surface area contributed by atoms with E-state index in [9.17, 15) is 24.0 Å². The highest BCUT2D eigenvalue weighted by Crippen LogP contribution is 2.19. The van der Waals surface area contributed by atoms with Crippen LogP contribution in [0.4, 0.5) is 9.59 Å². The number of ether oxygens (including phenoxy) is 2. The predicted molar refractivity (Wildman–Crippen MR) is 145 cm³/mol. The van der Waals surface area contributed by atoms with Gasteiger partial charge in [-0.2, -0.15) is 0 Å². The second-order valence-corrected chi connectivity index (χ2v) is 8.15. The molecule has 2 aromatic carbocycles. The Bertz CT molecular complexity index is 1210. The third-order valence-corrected chi connectivity index (χ3v) is 5.32. The lowest BCUT2D eigenvalue weighted by Gasteiger charge is -2.29. The van der Waals surface area contributed by atoms with Gasteiger partial charge in [0.25, 0.3) is 5.91 Å². The van der Waals surface area contributed by atoms with Gasteiger partial charge in [0.15, 0.2) is 6.17 Å². The van der Waals surface area contributed by atoms with Crippen LogP contribution < -0.4 is 5.32 Å². The summed E-state index contributed by atoms with van der Waals surface area (Å²) in [6.07, 6.45) is -0.787. The fourth-order valence-electron chi connectivity index (χ4n) is 3.21. The van der Waals surface area contributed by atoms with E-state index in [-0.39, 0.29) is 17.5 Å². The number of carbonyl (C=O) groups excluding carboxylic acids is 5. The number of benzene rings is 2. The fourth-order valence-corrected chi connectivity index (χ4v) is 3.21. The number of phenolic OH excluding ortho intramolecular Hbond substituents is 2. The van der Waals surface area contributed by atoms with Gasteiger partial charge in [0.1, 0.15) is 38.4 Å². The number of methoxy groups -OCH3 is 1. The van der Waals surface area contributed by atoms with Crippen molar-refractivity contribution in [3.05, 3.63) is 59.7 Å². The highest BCUT2D eigenvalue weighted by atomic mass is 16.5. The Kier molecular flexibility index (Phi) is 15.5. The second-order valence-electron chi connectivity index (χ2n) is 8.15. The number of phenols is 2. The molecule has 0 radical (unpaired) electrons. The zero-order valence-electron chi connectivity index (χ0n) is 23.3. The number of aromatic hydroxyl groups is 2. The summed E-state index contributed by atoms with van der Waals surface area (Å²) in [7, 11) is 1.31. The standard InChI is InChI=1S/C10H12O3.C8H14N4O7.C8H8O3/c1-2-7-13-10(12)8-3-5-9(11)6-4-8;13-1-9-7(18)10(2-14)5-6(17)12(4-16)8(19)11(5)3-15;1-11-8(10)6-2-4-7(9)5-3-6/h3-6,11H,2,7H2,1H3;5,13-16H,1-4H2,(H,9,18);2-5,9H,1H3. The van der Waals surface area contributed by atoms with Gasteiger partial charge in [-0.25, -0.2) is 24.1 Å². The summed E-state index contributed by atoms with van der Waals surface area (Å²) in [5, 5.41) is 55.3. The van der Waals surface area contributed by atoms with Crippen molar-refractivity contribution in [3.8, 4) is 11.5 Å². The Balaban J connectivity index is 0.000000337.